The second-order valence-corrected chi connectivity index (χ2v) is 4.03. The molecular weight excluding hydrogens is 248 g/mol. The Hall–Kier alpha value is -3.17. The predicted molar refractivity (Wildman–Crippen MR) is 75.4 cm³/mol. The van der Waals surface area contributed by atoms with Crippen molar-refractivity contribution in [2.45, 2.75) is 0 Å². The van der Waals surface area contributed by atoms with E-state index in [1.54, 1.807) is 54.6 Å². The number of ketones is 1. The lowest BCUT2D eigenvalue weighted by molar-refractivity contribution is 0.103. The minimum absolute atomic E-state index is 0.0990. The van der Waals surface area contributed by atoms with Crippen LogP contribution in [-0.2, 0) is 0 Å². The summed E-state index contributed by atoms with van der Waals surface area (Å²) in [5.41, 5.74) is 0.926. The fourth-order valence-corrected chi connectivity index (χ4v) is 1.82. The van der Waals surface area contributed by atoms with Gasteiger partial charge in [0.05, 0.1) is 5.57 Å². The van der Waals surface area contributed by atoms with Crippen LogP contribution < -0.4 is 0 Å². The van der Waals surface area contributed by atoms with Gasteiger partial charge in [-0.1, -0.05) is 60.7 Å². The number of benzene rings is 2. The van der Waals surface area contributed by atoms with Crippen LogP contribution in [0.4, 0.5) is 0 Å². The average molecular weight is 258 g/mol. The highest BCUT2D eigenvalue weighted by Gasteiger charge is 2.18. The number of Topliss-reactive ketones (excluding diaryl/α,β-unsaturated/α-hetero) is 1. The van der Waals surface area contributed by atoms with Gasteiger partial charge < -0.3 is 0 Å². The summed E-state index contributed by atoms with van der Waals surface area (Å²) in [6.07, 6.45) is 0. The van der Waals surface area contributed by atoms with Crippen LogP contribution in [0.1, 0.15) is 15.9 Å². The molecule has 0 heterocycles. The van der Waals surface area contributed by atoms with E-state index in [1.165, 1.54) is 0 Å². The van der Waals surface area contributed by atoms with Crippen LogP contribution in [0.3, 0.4) is 0 Å². The first-order valence-electron chi connectivity index (χ1n) is 5.97. The first kappa shape index (κ1) is 13.3. The molecule has 0 saturated heterocycles. The van der Waals surface area contributed by atoms with Crippen molar-refractivity contribution in [2.75, 3.05) is 0 Å². The van der Waals surface area contributed by atoms with E-state index < -0.39 is 5.78 Å². The third-order valence-electron chi connectivity index (χ3n) is 2.80. The Morgan fingerprint density at radius 1 is 0.750 bits per heavy atom. The van der Waals surface area contributed by atoms with Crippen LogP contribution in [0.5, 0.6) is 0 Å². The first-order valence-corrected chi connectivity index (χ1v) is 5.97. The molecule has 0 aliphatic heterocycles. The van der Waals surface area contributed by atoms with Gasteiger partial charge in [0, 0.05) is 5.56 Å². The van der Waals surface area contributed by atoms with E-state index >= 15 is 0 Å². The molecule has 0 amide bonds. The fraction of sp³-hybridized carbons (Fsp3) is 0. The van der Waals surface area contributed by atoms with Crippen molar-refractivity contribution in [3.63, 3.8) is 0 Å². The van der Waals surface area contributed by atoms with E-state index in [-0.39, 0.29) is 11.1 Å². The molecular formula is C17H10N2O. The molecule has 0 radical (unpaired) electrons. The zero-order chi connectivity index (χ0) is 14.4. The molecule has 0 atom stereocenters. The zero-order valence-electron chi connectivity index (χ0n) is 10.6. The van der Waals surface area contributed by atoms with Crippen molar-refractivity contribution >= 4 is 11.4 Å². The van der Waals surface area contributed by atoms with Crippen molar-refractivity contribution in [2.24, 2.45) is 0 Å². The molecule has 94 valence electrons. The number of hydrogen-bond donors (Lipinski definition) is 0. The van der Waals surface area contributed by atoms with Crippen molar-refractivity contribution in [1.29, 1.82) is 10.5 Å². The third kappa shape index (κ3) is 2.63. The number of carbonyl (C=O) groups excluding carboxylic acids is 1. The number of allylic oxidation sites excluding steroid dienone is 2. The van der Waals surface area contributed by atoms with Crippen LogP contribution in [0.2, 0.25) is 0 Å². The largest absolute Gasteiger partial charge is 0.288 e. The molecule has 2 rings (SSSR count). The van der Waals surface area contributed by atoms with Gasteiger partial charge in [0.2, 0.25) is 5.78 Å². The lowest BCUT2D eigenvalue weighted by Gasteiger charge is -2.03. The summed E-state index contributed by atoms with van der Waals surface area (Å²) in [5.74, 6) is -0.437. The number of nitriles is 2. The summed E-state index contributed by atoms with van der Waals surface area (Å²) < 4.78 is 0. The molecule has 0 N–H and O–H groups in total. The van der Waals surface area contributed by atoms with Gasteiger partial charge in [-0.15, -0.1) is 0 Å². The van der Waals surface area contributed by atoms with Crippen molar-refractivity contribution in [1.82, 2.24) is 0 Å². The molecule has 0 unspecified atom stereocenters. The predicted octanol–water partition coefficient (Wildman–Crippen LogP) is 3.37. The fourth-order valence-electron chi connectivity index (χ4n) is 1.82. The van der Waals surface area contributed by atoms with Crippen LogP contribution >= 0.6 is 0 Å². The van der Waals surface area contributed by atoms with Gasteiger partial charge in [0.15, 0.2) is 0 Å². The Labute approximate surface area is 117 Å². The van der Waals surface area contributed by atoms with E-state index in [4.69, 9.17) is 0 Å². The summed E-state index contributed by atoms with van der Waals surface area (Å²) in [5, 5.41) is 18.5. The summed E-state index contributed by atoms with van der Waals surface area (Å²) in [4.78, 5) is 12.3. The van der Waals surface area contributed by atoms with Gasteiger partial charge in [0.25, 0.3) is 0 Å². The molecule has 3 heteroatoms. The molecule has 0 bridgehead atoms. The lowest BCUT2D eigenvalue weighted by atomic mass is 9.95. The monoisotopic (exact) mass is 258 g/mol. The molecule has 0 saturated carbocycles. The van der Waals surface area contributed by atoms with Gasteiger partial charge >= 0.3 is 0 Å². The summed E-state index contributed by atoms with van der Waals surface area (Å²) in [6.45, 7) is 0. The Morgan fingerprint density at radius 3 is 1.70 bits per heavy atom. The van der Waals surface area contributed by atoms with E-state index in [0.717, 1.165) is 0 Å². The minimum Gasteiger partial charge on any atom is -0.288 e. The summed E-state index contributed by atoms with van der Waals surface area (Å²) >= 11 is 0. The molecule has 0 aliphatic rings. The highest BCUT2D eigenvalue weighted by atomic mass is 16.1. The highest BCUT2D eigenvalue weighted by Crippen LogP contribution is 2.20. The van der Waals surface area contributed by atoms with E-state index in [0.29, 0.717) is 11.1 Å². The number of rotatable bonds is 3. The lowest BCUT2D eigenvalue weighted by Crippen LogP contribution is -2.04. The topological polar surface area (TPSA) is 64.7 Å². The Morgan fingerprint density at radius 2 is 1.25 bits per heavy atom. The molecule has 0 aromatic heterocycles. The van der Waals surface area contributed by atoms with Gasteiger partial charge in [0.1, 0.15) is 17.7 Å². The third-order valence-corrected chi connectivity index (χ3v) is 2.80. The van der Waals surface area contributed by atoms with Gasteiger partial charge in [-0.25, -0.2) is 0 Å². The Kier molecular flexibility index (Phi) is 4.07. The van der Waals surface area contributed by atoms with Gasteiger partial charge in [-0.3, -0.25) is 4.79 Å². The van der Waals surface area contributed by atoms with Crippen LogP contribution in [0.15, 0.2) is 66.2 Å². The van der Waals surface area contributed by atoms with E-state index in [2.05, 4.69) is 0 Å². The van der Waals surface area contributed by atoms with Gasteiger partial charge in [-0.2, -0.15) is 10.5 Å². The SMILES string of the molecule is N#CC(C(=O)c1ccccc1)=C(C#N)c1ccccc1. The molecule has 0 fully saturated rings. The number of nitrogens with zero attached hydrogens (tertiary/aromatic N) is 2. The highest BCUT2D eigenvalue weighted by molar-refractivity contribution is 6.17. The maximum Gasteiger partial charge on any atom is 0.204 e. The minimum atomic E-state index is -0.437. The normalized spacial score (nSPS) is 10.9. The molecule has 3 nitrogen and oxygen atoms in total. The molecule has 2 aromatic carbocycles. The molecule has 0 aliphatic carbocycles. The second kappa shape index (κ2) is 6.13. The van der Waals surface area contributed by atoms with Crippen LogP contribution in [0, 0.1) is 22.7 Å². The van der Waals surface area contributed by atoms with E-state index in [9.17, 15) is 15.3 Å². The molecule has 2 aromatic rings. The average Bonchev–Trinajstić information content (AvgIpc) is 2.53. The van der Waals surface area contributed by atoms with Gasteiger partial charge in [-0.05, 0) is 5.56 Å². The van der Waals surface area contributed by atoms with Crippen LogP contribution in [-0.4, -0.2) is 5.78 Å². The zero-order valence-corrected chi connectivity index (χ0v) is 10.6. The van der Waals surface area contributed by atoms with Crippen LogP contribution in [0.25, 0.3) is 5.57 Å². The smallest absolute Gasteiger partial charge is 0.204 e. The first-order chi connectivity index (χ1) is 9.77. The molecule has 20 heavy (non-hydrogen) atoms. The number of hydrogen-bond acceptors (Lipinski definition) is 3. The number of carbonyl (C=O) groups is 1. The van der Waals surface area contributed by atoms with Crippen molar-refractivity contribution < 1.29 is 4.79 Å². The summed E-state index contributed by atoms with van der Waals surface area (Å²) in [7, 11) is 0. The van der Waals surface area contributed by atoms with Crippen molar-refractivity contribution in [3.8, 4) is 12.1 Å². The van der Waals surface area contributed by atoms with E-state index in [1.807, 2.05) is 18.2 Å². The second-order valence-electron chi connectivity index (χ2n) is 4.03. The van der Waals surface area contributed by atoms with Crippen molar-refractivity contribution in [3.05, 3.63) is 77.4 Å². The maximum absolute atomic E-state index is 12.3. The molecule has 0 spiro atoms. The maximum atomic E-state index is 12.3. The Balaban J connectivity index is 2.56. The Bertz CT molecular complexity index is 732. The standard InChI is InChI=1S/C17H10N2O/c18-11-15(13-7-3-1-4-8-13)16(12-19)17(20)14-9-5-2-6-10-14/h1-10H. The quantitative estimate of drug-likeness (QED) is 0.481. The summed E-state index contributed by atoms with van der Waals surface area (Å²) in [6, 6.07) is 21.0.